The number of carboxylic acid groups (broad SMARTS) is 1. The van der Waals surface area contributed by atoms with Crippen LogP contribution in [0.4, 0.5) is 4.79 Å². The van der Waals surface area contributed by atoms with E-state index in [1.54, 1.807) is 0 Å². The molecule has 7 nitrogen and oxygen atoms in total. The average Bonchev–Trinajstić information content (AvgIpc) is 2.95. The van der Waals surface area contributed by atoms with Gasteiger partial charge in [-0.2, -0.15) is 0 Å². The summed E-state index contributed by atoms with van der Waals surface area (Å²) in [6.45, 7) is 3.65. The van der Waals surface area contributed by atoms with E-state index in [0.717, 1.165) is 13.0 Å². The summed E-state index contributed by atoms with van der Waals surface area (Å²) in [4.78, 5) is 22.7. The van der Waals surface area contributed by atoms with E-state index in [9.17, 15) is 9.59 Å². The molecule has 4 atom stereocenters. The molecule has 0 aromatic carbocycles. The molecule has 4 unspecified atom stereocenters. The average molecular weight is 272 g/mol. The van der Waals surface area contributed by atoms with Crippen LogP contribution in [0.15, 0.2) is 0 Å². The Kier molecular flexibility index (Phi) is 4.60. The number of amides is 2. The molecule has 2 saturated heterocycles. The van der Waals surface area contributed by atoms with Crippen molar-refractivity contribution in [3.05, 3.63) is 0 Å². The van der Waals surface area contributed by atoms with Gasteiger partial charge in [-0.15, -0.1) is 0 Å². The van der Waals surface area contributed by atoms with Crippen molar-refractivity contribution in [1.82, 2.24) is 10.6 Å². The van der Waals surface area contributed by atoms with Crippen LogP contribution in [-0.4, -0.2) is 55.6 Å². The molecule has 0 aromatic heterocycles. The molecular weight excluding hydrogens is 252 g/mol. The van der Waals surface area contributed by atoms with Gasteiger partial charge in [-0.05, 0) is 13.3 Å². The number of hydrogen-bond donors (Lipinski definition) is 3. The first-order chi connectivity index (χ1) is 9.08. The van der Waals surface area contributed by atoms with Gasteiger partial charge in [0.15, 0.2) is 0 Å². The summed E-state index contributed by atoms with van der Waals surface area (Å²) in [5.41, 5.74) is 0. The highest BCUT2D eigenvalue weighted by Crippen LogP contribution is 2.19. The Hall–Kier alpha value is -1.34. The second-order valence-electron chi connectivity index (χ2n) is 5.07. The maximum atomic E-state index is 11.7. The molecule has 2 aliphatic rings. The molecule has 0 aromatic rings. The summed E-state index contributed by atoms with van der Waals surface area (Å²) >= 11 is 0. The largest absolute Gasteiger partial charge is 0.481 e. The summed E-state index contributed by atoms with van der Waals surface area (Å²) in [5.74, 6) is -1.29. The van der Waals surface area contributed by atoms with Gasteiger partial charge in [-0.3, -0.25) is 4.79 Å². The van der Waals surface area contributed by atoms with E-state index in [1.807, 2.05) is 6.92 Å². The van der Waals surface area contributed by atoms with Crippen LogP contribution in [-0.2, 0) is 14.3 Å². The molecule has 2 amide bonds. The quantitative estimate of drug-likeness (QED) is 0.659. The molecule has 2 rings (SSSR count). The van der Waals surface area contributed by atoms with Crippen molar-refractivity contribution in [3.8, 4) is 0 Å². The van der Waals surface area contributed by atoms with Gasteiger partial charge in [0.1, 0.15) is 5.92 Å². The molecule has 7 heteroatoms. The lowest BCUT2D eigenvalue weighted by Crippen LogP contribution is -2.48. The van der Waals surface area contributed by atoms with E-state index in [4.69, 9.17) is 14.6 Å². The van der Waals surface area contributed by atoms with Crippen molar-refractivity contribution >= 4 is 12.0 Å². The smallest absolute Gasteiger partial charge is 0.315 e. The van der Waals surface area contributed by atoms with Crippen LogP contribution < -0.4 is 10.6 Å². The van der Waals surface area contributed by atoms with Crippen LogP contribution in [0.1, 0.15) is 13.3 Å². The first-order valence-corrected chi connectivity index (χ1v) is 6.54. The van der Waals surface area contributed by atoms with Gasteiger partial charge in [0.2, 0.25) is 0 Å². The number of ether oxygens (including phenoxy) is 2. The van der Waals surface area contributed by atoms with Crippen molar-refractivity contribution in [2.45, 2.75) is 25.5 Å². The summed E-state index contributed by atoms with van der Waals surface area (Å²) in [7, 11) is 0. The van der Waals surface area contributed by atoms with Crippen LogP contribution in [0.25, 0.3) is 0 Å². The predicted octanol–water partition coefficient (Wildman–Crippen LogP) is -0.190. The zero-order valence-electron chi connectivity index (χ0n) is 10.9. The van der Waals surface area contributed by atoms with E-state index in [0.29, 0.717) is 12.5 Å². The highest BCUT2D eigenvalue weighted by molar-refractivity contribution is 5.77. The molecule has 0 bridgehead atoms. The van der Waals surface area contributed by atoms with Crippen LogP contribution in [0.3, 0.4) is 0 Å². The third-order valence-corrected chi connectivity index (χ3v) is 3.77. The predicted molar refractivity (Wildman–Crippen MR) is 65.8 cm³/mol. The van der Waals surface area contributed by atoms with E-state index < -0.39 is 17.9 Å². The highest BCUT2D eigenvalue weighted by atomic mass is 16.5. The Morgan fingerprint density at radius 1 is 1.37 bits per heavy atom. The van der Waals surface area contributed by atoms with Crippen LogP contribution >= 0.6 is 0 Å². The molecule has 0 spiro atoms. The monoisotopic (exact) mass is 272 g/mol. The molecule has 2 aliphatic heterocycles. The summed E-state index contributed by atoms with van der Waals surface area (Å²) in [5, 5.41) is 14.4. The Morgan fingerprint density at radius 3 is 2.79 bits per heavy atom. The van der Waals surface area contributed by atoms with Gasteiger partial charge in [0, 0.05) is 19.1 Å². The standard InChI is InChI=1S/C12H20N2O5/c1-7-8(2-3-19-7)4-13-12(17)14-10-6-18-5-9(10)11(15)16/h7-10H,2-6H2,1H3,(H,15,16)(H2,13,14,17). The molecule has 0 saturated carbocycles. The Labute approximate surface area is 111 Å². The fourth-order valence-electron chi connectivity index (χ4n) is 2.43. The molecule has 2 fully saturated rings. The molecule has 3 N–H and O–H groups in total. The second kappa shape index (κ2) is 6.21. The number of carbonyl (C=O) groups is 2. The van der Waals surface area contributed by atoms with Gasteiger partial charge < -0.3 is 25.2 Å². The van der Waals surface area contributed by atoms with Crippen molar-refractivity contribution in [3.63, 3.8) is 0 Å². The molecular formula is C12H20N2O5. The van der Waals surface area contributed by atoms with Crippen molar-refractivity contribution in [1.29, 1.82) is 0 Å². The molecule has 19 heavy (non-hydrogen) atoms. The van der Waals surface area contributed by atoms with E-state index in [1.165, 1.54) is 0 Å². The number of aliphatic carboxylic acids is 1. The minimum Gasteiger partial charge on any atom is -0.481 e. The number of rotatable bonds is 4. The van der Waals surface area contributed by atoms with Crippen LogP contribution in [0, 0.1) is 11.8 Å². The minimum absolute atomic E-state index is 0.147. The van der Waals surface area contributed by atoms with E-state index >= 15 is 0 Å². The first kappa shape index (κ1) is 14.1. The number of hydrogen-bond acceptors (Lipinski definition) is 4. The summed E-state index contributed by atoms with van der Waals surface area (Å²) in [6, 6.07) is -0.810. The maximum Gasteiger partial charge on any atom is 0.315 e. The summed E-state index contributed by atoms with van der Waals surface area (Å²) < 4.78 is 10.5. The highest BCUT2D eigenvalue weighted by Gasteiger charge is 2.35. The van der Waals surface area contributed by atoms with Gasteiger partial charge in [0.05, 0.1) is 25.4 Å². The topological polar surface area (TPSA) is 96.9 Å². The van der Waals surface area contributed by atoms with Gasteiger partial charge in [0.25, 0.3) is 0 Å². The number of carbonyl (C=O) groups excluding carboxylic acids is 1. The lowest BCUT2D eigenvalue weighted by atomic mass is 10.0. The van der Waals surface area contributed by atoms with E-state index in [2.05, 4.69) is 10.6 Å². The third kappa shape index (κ3) is 3.57. The lowest BCUT2D eigenvalue weighted by Gasteiger charge is -2.18. The van der Waals surface area contributed by atoms with Gasteiger partial charge >= 0.3 is 12.0 Å². The summed E-state index contributed by atoms with van der Waals surface area (Å²) in [6.07, 6.45) is 1.09. The van der Waals surface area contributed by atoms with Gasteiger partial charge in [-0.1, -0.05) is 0 Å². The molecule has 0 aliphatic carbocycles. The van der Waals surface area contributed by atoms with Crippen molar-refractivity contribution < 1.29 is 24.2 Å². The number of nitrogens with one attached hydrogen (secondary N) is 2. The molecule has 2 heterocycles. The number of carboxylic acids is 1. The van der Waals surface area contributed by atoms with Crippen molar-refractivity contribution in [2.75, 3.05) is 26.4 Å². The first-order valence-electron chi connectivity index (χ1n) is 6.54. The Bertz CT molecular complexity index is 349. The normalized spacial score (nSPS) is 34.2. The second-order valence-corrected chi connectivity index (χ2v) is 5.07. The minimum atomic E-state index is -0.944. The van der Waals surface area contributed by atoms with E-state index in [-0.39, 0.29) is 25.3 Å². The lowest BCUT2D eigenvalue weighted by molar-refractivity contribution is -0.142. The zero-order chi connectivity index (χ0) is 13.8. The fraction of sp³-hybridized carbons (Fsp3) is 0.833. The Balaban J connectivity index is 1.73. The van der Waals surface area contributed by atoms with Crippen LogP contribution in [0.5, 0.6) is 0 Å². The third-order valence-electron chi connectivity index (χ3n) is 3.77. The molecule has 108 valence electrons. The fourth-order valence-corrected chi connectivity index (χ4v) is 2.43. The number of urea groups is 1. The van der Waals surface area contributed by atoms with Crippen molar-refractivity contribution in [2.24, 2.45) is 11.8 Å². The van der Waals surface area contributed by atoms with Crippen LogP contribution in [0.2, 0.25) is 0 Å². The Morgan fingerprint density at radius 2 is 2.16 bits per heavy atom. The molecule has 0 radical (unpaired) electrons. The SMILES string of the molecule is CC1OCCC1CNC(=O)NC1COCC1C(=O)O. The zero-order valence-corrected chi connectivity index (χ0v) is 10.9. The maximum absolute atomic E-state index is 11.7. The van der Waals surface area contributed by atoms with Gasteiger partial charge in [-0.25, -0.2) is 4.79 Å².